The number of halogens is 1. The number of nitrogens with zero attached hydrogens (tertiary/aromatic N) is 2. The maximum Gasteiger partial charge on any atom is 0.254 e. The van der Waals surface area contributed by atoms with Crippen LogP contribution in [0.3, 0.4) is 0 Å². The zero-order valence-corrected chi connectivity index (χ0v) is 11.5. The molecule has 0 radical (unpaired) electrons. The predicted octanol–water partition coefficient (Wildman–Crippen LogP) is 2.29. The van der Waals surface area contributed by atoms with Gasteiger partial charge in [-0.05, 0) is 40.8 Å². The summed E-state index contributed by atoms with van der Waals surface area (Å²) >= 11 is 2.20. The van der Waals surface area contributed by atoms with E-state index in [9.17, 15) is 4.79 Å². The van der Waals surface area contributed by atoms with Crippen LogP contribution in [-0.4, -0.2) is 27.8 Å². The molecule has 1 heterocycles. The Kier molecular flexibility index (Phi) is 3.78. The molecule has 1 amide bonds. The van der Waals surface area contributed by atoms with Gasteiger partial charge in [0.1, 0.15) is 5.82 Å². The SMILES string of the molecule is CN(Cc1ncc[nH]1)C(=O)c1cccc(I)c1. The highest BCUT2D eigenvalue weighted by Crippen LogP contribution is 2.10. The van der Waals surface area contributed by atoms with Gasteiger partial charge in [0.25, 0.3) is 5.91 Å². The number of benzene rings is 1. The van der Waals surface area contributed by atoms with Crippen molar-refractivity contribution in [2.24, 2.45) is 0 Å². The molecule has 4 nitrogen and oxygen atoms in total. The maximum absolute atomic E-state index is 12.1. The molecule has 17 heavy (non-hydrogen) atoms. The first kappa shape index (κ1) is 12.1. The average Bonchev–Trinajstić information content (AvgIpc) is 2.80. The normalized spacial score (nSPS) is 10.2. The second-order valence-corrected chi connectivity index (χ2v) is 4.95. The van der Waals surface area contributed by atoms with Crippen LogP contribution >= 0.6 is 22.6 Å². The fraction of sp³-hybridized carbons (Fsp3) is 0.167. The molecule has 0 fully saturated rings. The molecule has 1 N–H and O–H groups in total. The lowest BCUT2D eigenvalue weighted by Crippen LogP contribution is -2.26. The summed E-state index contributed by atoms with van der Waals surface area (Å²) in [5.41, 5.74) is 0.700. The number of amides is 1. The van der Waals surface area contributed by atoms with E-state index >= 15 is 0 Å². The summed E-state index contributed by atoms with van der Waals surface area (Å²) in [4.78, 5) is 20.8. The number of carbonyl (C=O) groups excluding carboxylic acids is 1. The molecule has 2 rings (SSSR count). The van der Waals surface area contributed by atoms with Gasteiger partial charge < -0.3 is 9.88 Å². The summed E-state index contributed by atoms with van der Waals surface area (Å²) in [5, 5.41) is 0. The highest BCUT2D eigenvalue weighted by atomic mass is 127. The molecule has 1 aromatic carbocycles. The van der Waals surface area contributed by atoms with E-state index in [-0.39, 0.29) is 5.91 Å². The molecule has 0 aliphatic rings. The van der Waals surface area contributed by atoms with Crippen molar-refractivity contribution >= 4 is 28.5 Å². The quantitative estimate of drug-likeness (QED) is 0.871. The number of aromatic amines is 1. The van der Waals surface area contributed by atoms with Crippen LogP contribution in [0.1, 0.15) is 16.2 Å². The van der Waals surface area contributed by atoms with Gasteiger partial charge in [-0.2, -0.15) is 0 Å². The fourth-order valence-corrected chi connectivity index (χ4v) is 2.07. The smallest absolute Gasteiger partial charge is 0.254 e. The van der Waals surface area contributed by atoms with Gasteiger partial charge in [0, 0.05) is 28.6 Å². The minimum atomic E-state index is -0.0000778. The van der Waals surface area contributed by atoms with Crippen LogP contribution in [0.15, 0.2) is 36.7 Å². The van der Waals surface area contributed by atoms with Crippen molar-refractivity contribution in [3.05, 3.63) is 51.6 Å². The third-order valence-electron chi connectivity index (χ3n) is 2.36. The van der Waals surface area contributed by atoms with E-state index in [0.29, 0.717) is 12.1 Å². The van der Waals surface area contributed by atoms with Crippen molar-refractivity contribution in [2.75, 3.05) is 7.05 Å². The molecule has 5 heteroatoms. The van der Waals surface area contributed by atoms with Crippen LogP contribution in [0, 0.1) is 3.57 Å². The number of hydrogen-bond acceptors (Lipinski definition) is 2. The Bertz CT molecular complexity index is 510. The Morgan fingerprint density at radius 3 is 3.00 bits per heavy atom. The molecule has 88 valence electrons. The molecule has 0 saturated heterocycles. The number of H-pyrrole nitrogens is 1. The first-order valence-electron chi connectivity index (χ1n) is 5.16. The lowest BCUT2D eigenvalue weighted by Gasteiger charge is -2.15. The maximum atomic E-state index is 12.1. The molecule has 0 spiro atoms. The zero-order chi connectivity index (χ0) is 12.3. The van der Waals surface area contributed by atoms with Gasteiger partial charge in [-0.3, -0.25) is 4.79 Å². The summed E-state index contributed by atoms with van der Waals surface area (Å²) in [5.74, 6) is 0.784. The molecule has 0 aliphatic heterocycles. The van der Waals surface area contributed by atoms with Crippen molar-refractivity contribution in [1.29, 1.82) is 0 Å². The monoisotopic (exact) mass is 341 g/mol. The Labute approximate surface area is 113 Å². The van der Waals surface area contributed by atoms with Gasteiger partial charge in [-0.25, -0.2) is 4.98 Å². The van der Waals surface area contributed by atoms with Gasteiger partial charge in [0.2, 0.25) is 0 Å². The van der Waals surface area contributed by atoms with E-state index in [0.717, 1.165) is 9.39 Å². The third kappa shape index (κ3) is 3.06. The number of rotatable bonds is 3. The Morgan fingerprint density at radius 2 is 2.35 bits per heavy atom. The topological polar surface area (TPSA) is 49.0 Å². The molecule has 0 bridgehead atoms. The van der Waals surface area contributed by atoms with Crippen molar-refractivity contribution in [2.45, 2.75) is 6.54 Å². The first-order valence-corrected chi connectivity index (χ1v) is 6.24. The van der Waals surface area contributed by atoms with Crippen LogP contribution in [0.25, 0.3) is 0 Å². The van der Waals surface area contributed by atoms with Gasteiger partial charge >= 0.3 is 0 Å². The van der Waals surface area contributed by atoms with Crippen molar-refractivity contribution in [3.8, 4) is 0 Å². The lowest BCUT2D eigenvalue weighted by atomic mass is 10.2. The van der Waals surface area contributed by atoms with Crippen molar-refractivity contribution < 1.29 is 4.79 Å². The van der Waals surface area contributed by atoms with Crippen LogP contribution in [-0.2, 0) is 6.54 Å². The number of imidazole rings is 1. The molecule has 0 saturated carbocycles. The summed E-state index contributed by atoms with van der Waals surface area (Å²) < 4.78 is 1.06. The zero-order valence-electron chi connectivity index (χ0n) is 9.35. The largest absolute Gasteiger partial charge is 0.347 e. The molecular formula is C12H12IN3O. The van der Waals surface area contributed by atoms with Gasteiger partial charge in [0.15, 0.2) is 0 Å². The molecule has 0 unspecified atom stereocenters. The molecule has 0 atom stereocenters. The van der Waals surface area contributed by atoms with Crippen LogP contribution < -0.4 is 0 Å². The van der Waals surface area contributed by atoms with Crippen LogP contribution in [0.2, 0.25) is 0 Å². The predicted molar refractivity (Wildman–Crippen MR) is 73.5 cm³/mol. The molecule has 2 aromatic rings. The second-order valence-electron chi connectivity index (χ2n) is 3.71. The summed E-state index contributed by atoms with van der Waals surface area (Å²) in [6, 6.07) is 7.55. The van der Waals surface area contributed by atoms with Crippen molar-refractivity contribution in [3.63, 3.8) is 0 Å². The van der Waals surface area contributed by atoms with E-state index in [2.05, 4.69) is 32.6 Å². The van der Waals surface area contributed by atoms with E-state index in [4.69, 9.17) is 0 Å². The Morgan fingerprint density at radius 1 is 1.53 bits per heavy atom. The van der Waals surface area contributed by atoms with E-state index in [1.54, 1.807) is 24.3 Å². The number of aromatic nitrogens is 2. The van der Waals surface area contributed by atoms with Crippen molar-refractivity contribution in [1.82, 2.24) is 14.9 Å². The van der Waals surface area contributed by atoms with Crippen LogP contribution in [0.5, 0.6) is 0 Å². The van der Waals surface area contributed by atoms with E-state index in [1.165, 1.54) is 0 Å². The van der Waals surface area contributed by atoms with Gasteiger partial charge in [0.05, 0.1) is 6.54 Å². The Hall–Kier alpha value is -1.37. The minimum absolute atomic E-state index is 0.0000778. The van der Waals surface area contributed by atoms with Gasteiger partial charge in [-0.1, -0.05) is 6.07 Å². The van der Waals surface area contributed by atoms with Gasteiger partial charge in [-0.15, -0.1) is 0 Å². The van der Waals surface area contributed by atoms with E-state index < -0.39 is 0 Å². The highest BCUT2D eigenvalue weighted by Gasteiger charge is 2.12. The molecule has 0 aliphatic carbocycles. The second kappa shape index (κ2) is 5.31. The lowest BCUT2D eigenvalue weighted by molar-refractivity contribution is 0.0782. The number of hydrogen-bond donors (Lipinski definition) is 1. The third-order valence-corrected chi connectivity index (χ3v) is 3.03. The Balaban J connectivity index is 2.09. The number of nitrogens with one attached hydrogen (secondary N) is 1. The average molecular weight is 341 g/mol. The first-order chi connectivity index (χ1) is 8.16. The van der Waals surface area contributed by atoms with Crippen LogP contribution in [0.4, 0.5) is 0 Å². The molecule has 1 aromatic heterocycles. The standard InChI is InChI=1S/C12H12IN3O/c1-16(8-11-14-5-6-15-11)12(17)9-3-2-4-10(13)7-9/h2-7H,8H2,1H3,(H,14,15). The summed E-state index contributed by atoms with van der Waals surface area (Å²) in [6.07, 6.45) is 3.43. The summed E-state index contributed by atoms with van der Waals surface area (Å²) in [6.45, 7) is 0.483. The summed E-state index contributed by atoms with van der Waals surface area (Å²) in [7, 11) is 1.77. The minimum Gasteiger partial charge on any atom is -0.347 e. The molecular weight excluding hydrogens is 329 g/mol. The highest BCUT2D eigenvalue weighted by molar-refractivity contribution is 14.1. The van der Waals surface area contributed by atoms with E-state index in [1.807, 2.05) is 24.3 Å². The fourth-order valence-electron chi connectivity index (χ4n) is 1.52. The number of carbonyl (C=O) groups is 1.